The minimum absolute atomic E-state index is 0.107. The minimum atomic E-state index is -0.617. The van der Waals surface area contributed by atoms with Crippen LogP contribution in [0.4, 0.5) is 15.4 Å². The van der Waals surface area contributed by atoms with E-state index in [0.717, 1.165) is 24.8 Å². The molecule has 0 bridgehead atoms. The van der Waals surface area contributed by atoms with Crippen LogP contribution in [0.1, 0.15) is 86.3 Å². The Labute approximate surface area is 180 Å². The van der Waals surface area contributed by atoms with Crippen molar-refractivity contribution in [2.24, 2.45) is 0 Å². The third kappa shape index (κ3) is 6.09. The van der Waals surface area contributed by atoms with Gasteiger partial charge in [0, 0.05) is 24.3 Å². The van der Waals surface area contributed by atoms with Gasteiger partial charge in [-0.05, 0) is 73.8 Å². The predicted molar refractivity (Wildman–Crippen MR) is 118 cm³/mol. The number of nitrogens with zero attached hydrogens (tertiary/aromatic N) is 3. The molecule has 0 unspecified atom stereocenters. The molecule has 7 nitrogen and oxygen atoms in total. The van der Waals surface area contributed by atoms with E-state index < -0.39 is 17.3 Å². The SMILES string of the molecule is CC[C@H](C)N(C(=O)OC(C)(C)C)c1ncccc1[C@@H]1CCCN1C(=O)OC(C)(C)C. The summed E-state index contributed by atoms with van der Waals surface area (Å²) in [7, 11) is 0. The number of amides is 2. The molecule has 30 heavy (non-hydrogen) atoms. The topological polar surface area (TPSA) is 72.0 Å². The van der Waals surface area contributed by atoms with Crippen LogP contribution in [0, 0.1) is 0 Å². The molecule has 2 rings (SSSR count). The van der Waals surface area contributed by atoms with Crippen LogP contribution in [0.2, 0.25) is 0 Å². The number of hydrogen-bond donors (Lipinski definition) is 0. The molecular formula is C23H37N3O4. The molecule has 0 aliphatic carbocycles. The Morgan fingerprint density at radius 3 is 2.40 bits per heavy atom. The molecule has 2 heterocycles. The Kier molecular flexibility index (Phi) is 7.37. The first-order valence-electron chi connectivity index (χ1n) is 10.8. The fourth-order valence-corrected chi connectivity index (χ4v) is 3.47. The lowest BCUT2D eigenvalue weighted by molar-refractivity contribution is 0.0224. The maximum Gasteiger partial charge on any atom is 0.416 e. The van der Waals surface area contributed by atoms with Gasteiger partial charge in [-0.2, -0.15) is 0 Å². The van der Waals surface area contributed by atoms with Crippen LogP contribution in [0.5, 0.6) is 0 Å². The fraction of sp³-hybridized carbons (Fsp3) is 0.696. The summed E-state index contributed by atoms with van der Waals surface area (Å²) in [6.45, 7) is 15.7. The largest absolute Gasteiger partial charge is 0.444 e. The molecule has 1 aromatic rings. The van der Waals surface area contributed by atoms with Gasteiger partial charge in [-0.1, -0.05) is 13.0 Å². The lowest BCUT2D eigenvalue weighted by Crippen LogP contribution is -2.44. The van der Waals surface area contributed by atoms with Crippen molar-refractivity contribution in [1.82, 2.24) is 9.88 Å². The van der Waals surface area contributed by atoms with Gasteiger partial charge in [0.2, 0.25) is 0 Å². The van der Waals surface area contributed by atoms with E-state index in [4.69, 9.17) is 9.47 Å². The number of likely N-dealkylation sites (tertiary alicyclic amines) is 1. The molecule has 0 spiro atoms. The number of aromatic nitrogens is 1. The summed E-state index contributed by atoms with van der Waals surface area (Å²) in [5.74, 6) is 0.543. The molecule has 1 fully saturated rings. The van der Waals surface area contributed by atoms with Crippen LogP contribution in [0.25, 0.3) is 0 Å². The van der Waals surface area contributed by atoms with Gasteiger partial charge in [0.05, 0.1) is 6.04 Å². The molecule has 0 saturated carbocycles. The molecule has 0 N–H and O–H groups in total. The Hall–Kier alpha value is -2.31. The van der Waals surface area contributed by atoms with Crippen molar-refractivity contribution in [2.75, 3.05) is 11.4 Å². The van der Waals surface area contributed by atoms with Crippen molar-refractivity contribution in [1.29, 1.82) is 0 Å². The first-order chi connectivity index (χ1) is 13.8. The van der Waals surface area contributed by atoms with Crippen molar-refractivity contribution in [3.63, 3.8) is 0 Å². The van der Waals surface area contributed by atoms with E-state index in [2.05, 4.69) is 4.98 Å². The number of carbonyl (C=O) groups is 2. The molecule has 2 amide bonds. The highest BCUT2D eigenvalue weighted by Crippen LogP contribution is 2.38. The number of ether oxygens (including phenoxy) is 2. The number of anilines is 1. The van der Waals surface area contributed by atoms with Gasteiger partial charge < -0.3 is 14.4 Å². The zero-order valence-electron chi connectivity index (χ0n) is 19.7. The average Bonchev–Trinajstić information content (AvgIpc) is 3.09. The van der Waals surface area contributed by atoms with E-state index in [1.807, 2.05) is 67.5 Å². The van der Waals surface area contributed by atoms with E-state index in [9.17, 15) is 9.59 Å². The average molecular weight is 420 g/mol. The van der Waals surface area contributed by atoms with Crippen LogP contribution in [-0.4, -0.2) is 45.9 Å². The van der Waals surface area contributed by atoms with Crippen molar-refractivity contribution < 1.29 is 19.1 Å². The Morgan fingerprint density at radius 2 is 1.83 bits per heavy atom. The Morgan fingerprint density at radius 1 is 1.20 bits per heavy atom. The second-order valence-corrected chi connectivity index (χ2v) is 9.86. The van der Waals surface area contributed by atoms with Crippen molar-refractivity contribution in [3.8, 4) is 0 Å². The van der Waals surface area contributed by atoms with Crippen LogP contribution in [0.15, 0.2) is 18.3 Å². The minimum Gasteiger partial charge on any atom is -0.444 e. The zero-order chi connectivity index (χ0) is 22.7. The van der Waals surface area contributed by atoms with E-state index in [1.54, 1.807) is 16.0 Å². The lowest BCUT2D eigenvalue weighted by atomic mass is 10.0. The highest BCUT2D eigenvalue weighted by molar-refractivity contribution is 5.88. The summed E-state index contributed by atoms with van der Waals surface area (Å²) in [5.41, 5.74) is -0.346. The maximum atomic E-state index is 13.1. The van der Waals surface area contributed by atoms with Gasteiger partial charge in [0.25, 0.3) is 0 Å². The standard InChI is InChI=1S/C23H37N3O4/c1-9-16(2)26(21(28)30-23(6,7)8)19-17(12-10-14-24-19)18-13-11-15-25(18)20(27)29-22(3,4)5/h10,12,14,16,18H,9,11,13,15H2,1-8H3/t16-,18-/m0/s1. The van der Waals surface area contributed by atoms with Gasteiger partial charge in [0.1, 0.15) is 17.0 Å². The second-order valence-electron chi connectivity index (χ2n) is 9.86. The number of hydrogen-bond acceptors (Lipinski definition) is 5. The van der Waals surface area contributed by atoms with E-state index in [1.165, 1.54) is 0 Å². The maximum absolute atomic E-state index is 13.1. The second kappa shape index (κ2) is 9.23. The summed E-state index contributed by atoms with van der Waals surface area (Å²) in [4.78, 5) is 33.8. The van der Waals surface area contributed by atoms with E-state index in [0.29, 0.717) is 12.4 Å². The molecule has 1 aliphatic heterocycles. The third-order valence-corrected chi connectivity index (χ3v) is 4.91. The Balaban J connectivity index is 2.43. The molecule has 2 atom stereocenters. The molecule has 0 aromatic carbocycles. The summed E-state index contributed by atoms with van der Waals surface area (Å²) < 4.78 is 11.3. The van der Waals surface area contributed by atoms with Crippen molar-refractivity contribution in [3.05, 3.63) is 23.9 Å². The third-order valence-electron chi connectivity index (χ3n) is 4.91. The fourth-order valence-electron chi connectivity index (χ4n) is 3.47. The molecular weight excluding hydrogens is 382 g/mol. The first-order valence-corrected chi connectivity index (χ1v) is 10.8. The van der Waals surface area contributed by atoms with Crippen molar-refractivity contribution >= 4 is 18.0 Å². The quantitative estimate of drug-likeness (QED) is 0.626. The van der Waals surface area contributed by atoms with Crippen LogP contribution in [0.3, 0.4) is 0 Å². The van der Waals surface area contributed by atoms with Crippen molar-refractivity contribution in [2.45, 2.75) is 97.9 Å². The predicted octanol–water partition coefficient (Wildman–Crippen LogP) is 5.69. The number of pyridine rings is 1. The smallest absolute Gasteiger partial charge is 0.416 e. The normalized spacial score (nSPS) is 18.1. The lowest BCUT2D eigenvalue weighted by Gasteiger charge is -2.34. The van der Waals surface area contributed by atoms with Gasteiger partial charge in [-0.25, -0.2) is 14.6 Å². The molecule has 1 aromatic heterocycles. The van der Waals surface area contributed by atoms with Gasteiger partial charge >= 0.3 is 12.2 Å². The summed E-state index contributed by atoms with van der Waals surface area (Å²) in [5, 5.41) is 0. The number of carbonyl (C=O) groups excluding carboxylic acids is 2. The van der Waals surface area contributed by atoms with E-state index in [-0.39, 0.29) is 18.2 Å². The first kappa shape index (κ1) is 24.0. The Bertz CT molecular complexity index is 752. The monoisotopic (exact) mass is 419 g/mol. The highest BCUT2D eigenvalue weighted by Gasteiger charge is 2.37. The van der Waals surface area contributed by atoms with Crippen LogP contribution < -0.4 is 4.90 Å². The molecule has 168 valence electrons. The van der Waals surface area contributed by atoms with E-state index >= 15 is 0 Å². The summed E-state index contributed by atoms with van der Waals surface area (Å²) in [6, 6.07) is 3.48. The summed E-state index contributed by atoms with van der Waals surface area (Å²) in [6.07, 6.45) is 3.31. The zero-order valence-corrected chi connectivity index (χ0v) is 19.7. The summed E-state index contributed by atoms with van der Waals surface area (Å²) >= 11 is 0. The molecule has 1 aliphatic rings. The molecule has 1 saturated heterocycles. The van der Waals surface area contributed by atoms with Crippen LogP contribution in [-0.2, 0) is 9.47 Å². The van der Waals surface area contributed by atoms with Gasteiger partial charge in [-0.15, -0.1) is 0 Å². The molecule has 7 heteroatoms. The molecule has 0 radical (unpaired) electrons. The van der Waals surface area contributed by atoms with Crippen LogP contribution >= 0.6 is 0 Å². The van der Waals surface area contributed by atoms with Gasteiger partial charge in [-0.3, -0.25) is 4.90 Å². The number of rotatable bonds is 4. The highest BCUT2D eigenvalue weighted by atomic mass is 16.6. The van der Waals surface area contributed by atoms with Gasteiger partial charge in [0.15, 0.2) is 0 Å².